The molecule has 0 amide bonds. The van der Waals surface area contributed by atoms with Crippen molar-refractivity contribution in [1.82, 2.24) is 0 Å². The molecule has 21 heavy (non-hydrogen) atoms. The molecule has 2 saturated heterocycles. The molecule has 2 aliphatic heterocycles. The van der Waals surface area contributed by atoms with Gasteiger partial charge in [-0.15, -0.1) is 0 Å². The van der Waals surface area contributed by atoms with Gasteiger partial charge in [-0.2, -0.15) is 0 Å². The van der Waals surface area contributed by atoms with E-state index in [-0.39, 0.29) is 12.2 Å². The van der Waals surface area contributed by atoms with Crippen molar-refractivity contribution < 1.29 is 18.9 Å². The fraction of sp³-hybridized carbons (Fsp3) is 0.375. The van der Waals surface area contributed by atoms with Gasteiger partial charge in [0.25, 0.3) is 0 Å². The van der Waals surface area contributed by atoms with Crippen LogP contribution in [-0.4, -0.2) is 38.6 Å². The van der Waals surface area contributed by atoms with Gasteiger partial charge in [-0.1, -0.05) is 12.1 Å². The molecule has 0 saturated carbocycles. The van der Waals surface area contributed by atoms with Gasteiger partial charge in [-0.05, 0) is 39.5 Å². The average molecular weight is 351 g/mol. The summed E-state index contributed by atoms with van der Waals surface area (Å²) in [6.07, 6.45) is 0.507. The summed E-state index contributed by atoms with van der Waals surface area (Å²) in [6.45, 7) is 2.80. The molecule has 0 aliphatic carbocycles. The van der Waals surface area contributed by atoms with Crippen LogP contribution in [0.25, 0.3) is 10.8 Å². The van der Waals surface area contributed by atoms with Crippen LogP contribution >= 0.6 is 15.9 Å². The first-order chi connectivity index (χ1) is 10.3. The number of ether oxygens (including phenoxy) is 4. The molecule has 0 bridgehead atoms. The van der Waals surface area contributed by atoms with Crippen LogP contribution in [0.4, 0.5) is 0 Å². The molecule has 2 aliphatic rings. The van der Waals surface area contributed by atoms with E-state index in [0.717, 1.165) is 40.0 Å². The average Bonchev–Trinajstić information content (AvgIpc) is 3.37. The summed E-state index contributed by atoms with van der Waals surface area (Å²) in [7, 11) is 0. The smallest absolute Gasteiger partial charge is 0.128 e. The summed E-state index contributed by atoms with van der Waals surface area (Å²) >= 11 is 3.62. The van der Waals surface area contributed by atoms with Crippen LogP contribution in [0.3, 0.4) is 0 Å². The third-order valence-electron chi connectivity index (χ3n) is 3.53. The van der Waals surface area contributed by atoms with E-state index < -0.39 is 0 Å². The summed E-state index contributed by atoms with van der Waals surface area (Å²) in [4.78, 5) is 0. The van der Waals surface area contributed by atoms with Crippen molar-refractivity contribution in [2.24, 2.45) is 0 Å². The van der Waals surface area contributed by atoms with Gasteiger partial charge in [0.15, 0.2) is 0 Å². The van der Waals surface area contributed by atoms with Crippen molar-refractivity contribution in [2.45, 2.75) is 12.2 Å². The molecule has 4 rings (SSSR count). The van der Waals surface area contributed by atoms with Crippen molar-refractivity contribution in [3.63, 3.8) is 0 Å². The molecule has 4 nitrogen and oxygen atoms in total. The van der Waals surface area contributed by atoms with Gasteiger partial charge in [0.05, 0.1) is 13.2 Å². The quantitative estimate of drug-likeness (QED) is 0.750. The van der Waals surface area contributed by atoms with Crippen molar-refractivity contribution in [3.8, 4) is 11.5 Å². The number of hydrogen-bond donors (Lipinski definition) is 0. The maximum atomic E-state index is 5.86. The normalized spacial score (nSPS) is 23.1. The zero-order chi connectivity index (χ0) is 14.2. The molecule has 2 unspecified atom stereocenters. The zero-order valence-electron chi connectivity index (χ0n) is 11.4. The van der Waals surface area contributed by atoms with E-state index in [1.54, 1.807) is 0 Å². The molecule has 0 radical (unpaired) electrons. The van der Waals surface area contributed by atoms with Gasteiger partial charge >= 0.3 is 0 Å². The fourth-order valence-electron chi connectivity index (χ4n) is 2.22. The fourth-order valence-corrected chi connectivity index (χ4v) is 2.87. The van der Waals surface area contributed by atoms with E-state index >= 15 is 0 Å². The SMILES string of the molecule is Brc1cc(OCC2CO2)cc2cccc(OCC3CO3)c12. The lowest BCUT2D eigenvalue weighted by Crippen LogP contribution is -2.05. The first-order valence-electron chi connectivity index (χ1n) is 7.01. The first kappa shape index (κ1) is 13.4. The maximum absolute atomic E-state index is 5.86. The van der Waals surface area contributed by atoms with Crippen LogP contribution in [-0.2, 0) is 9.47 Å². The Labute approximate surface area is 131 Å². The number of epoxide rings is 2. The number of hydrogen-bond acceptors (Lipinski definition) is 4. The molecule has 110 valence electrons. The van der Waals surface area contributed by atoms with Crippen LogP contribution in [0.1, 0.15) is 0 Å². The van der Waals surface area contributed by atoms with Crippen LogP contribution in [0.2, 0.25) is 0 Å². The highest BCUT2D eigenvalue weighted by molar-refractivity contribution is 9.10. The Morgan fingerprint density at radius 2 is 1.76 bits per heavy atom. The van der Waals surface area contributed by atoms with Crippen LogP contribution in [0.5, 0.6) is 11.5 Å². The van der Waals surface area contributed by atoms with Crippen LogP contribution < -0.4 is 9.47 Å². The van der Waals surface area contributed by atoms with Crippen molar-refractivity contribution in [3.05, 3.63) is 34.8 Å². The third kappa shape index (κ3) is 3.15. The van der Waals surface area contributed by atoms with Gasteiger partial charge < -0.3 is 18.9 Å². The molecule has 2 atom stereocenters. The van der Waals surface area contributed by atoms with E-state index in [0.29, 0.717) is 13.2 Å². The summed E-state index contributed by atoms with van der Waals surface area (Å²) in [5, 5.41) is 2.15. The van der Waals surface area contributed by atoms with E-state index in [4.69, 9.17) is 18.9 Å². The Hall–Kier alpha value is -1.30. The van der Waals surface area contributed by atoms with Crippen molar-refractivity contribution in [2.75, 3.05) is 26.4 Å². The molecule has 5 heteroatoms. The van der Waals surface area contributed by atoms with E-state index in [1.165, 1.54) is 0 Å². The molecule has 0 aromatic heterocycles. The summed E-state index contributed by atoms with van der Waals surface area (Å²) in [6, 6.07) is 10.0. The highest BCUT2D eigenvalue weighted by atomic mass is 79.9. The lowest BCUT2D eigenvalue weighted by molar-refractivity contribution is 0.262. The Morgan fingerprint density at radius 1 is 1.05 bits per heavy atom. The lowest BCUT2D eigenvalue weighted by atomic mass is 10.1. The molecule has 2 heterocycles. The van der Waals surface area contributed by atoms with E-state index in [9.17, 15) is 0 Å². The van der Waals surface area contributed by atoms with Crippen LogP contribution in [0, 0.1) is 0 Å². The number of rotatable bonds is 6. The predicted octanol–water partition coefficient (Wildman–Crippen LogP) is 3.16. The van der Waals surface area contributed by atoms with Gasteiger partial charge in [0, 0.05) is 9.86 Å². The molecule has 2 aromatic rings. The summed E-state index contributed by atoms with van der Waals surface area (Å²) in [5.41, 5.74) is 0. The zero-order valence-corrected chi connectivity index (χ0v) is 13.0. The van der Waals surface area contributed by atoms with Crippen LogP contribution in [0.15, 0.2) is 34.8 Å². The van der Waals surface area contributed by atoms with Crippen molar-refractivity contribution >= 4 is 26.7 Å². The Morgan fingerprint density at radius 3 is 2.48 bits per heavy atom. The molecule has 2 aromatic carbocycles. The Bertz CT molecular complexity index is 665. The monoisotopic (exact) mass is 350 g/mol. The largest absolute Gasteiger partial charge is 0.491 e. The highest BCUT2D eigenvalue weighted by Crippen LogP contribution is 2.36. The number of fused-ring (bicyclic) bond motifs is 1. The second-order valence-electron chi connectivity index (χ2n) is 5.29. The number of benzene rings is 2. The second kappa shape index (κ2) is 5.48. The standard InChI is InChI=1S/C16H15BrO4/c17-14-5-11(18-6-12-7-19-12)4-10-2-1-3-15(16(10)14)21-9-13-8-20-13/h1-5,12-13H,6-9H2. The molecule has 2 fully saturated rings. The molecular weight excluding hydrogens is 336 g/mol. The minimum Gasteiger partial charge on any atom is -0.491 e. The second-order valence-corrected chi connectivity index (χ2v) is 6.15. The van der Waals surface area contributed by atoms with Gasteiger partial charge in [-0.25, -0.2) is 0 Å². The Kier molecular flexibility index (Phi) is 3.49. The molecule has 0 N–H and O–H groups in total. The molecular formula is C16H15BrO4. The first-order valence-corrected chi connectivity index (χ1v) is 7.80. The Balaban J connectivity index is 1.61. The predicted molar refractivity (Wildman–Crippen MR) is 82.1 cm³/mol. The van der Waals surface area contributed by atoms with Crippen molar-refractivity contribution in [1.29, 1.82) is 0 Å². The topological polar surface area (TPSA) is 43.5 Å². The minimum atomic E-state index is 0.250. The molecule has 0 spiro atoms. The summed E-state index contributed by atoms with van der Waals surface area (Å²) < 4.78 is 22.9. The maximum Gasteiger partial charge on any atom is 0.128 e. The summed E-state index contributed by atoms with van der Waals surface area (Å²) in [5.74, 6) is 1.71. The van der Waals surface area contributed by atoms with Gasteiger partial charge in [-0.3, -0.25) is 0 Å². The van der Waals surface area contributed by atoms with Gasteiger partial charge in [0.2, 0.25) is 0 Å². The minimum absolute atomic E-state index is 0.250. The van der Waals surface area contributed by atoms with E-state index in [1.807, 2.05) is 24.3 Å². The third-order valence-corrected chi connectivity index (χ3v) is 4.15. The van der Waals surface area contributed by atoms with Gasteiger partial charge in [0.1, 0.15) is 36.9 Å². The van der Waals surface area contributed by atoms with E-state index in [2.05, 4.69) is 22.0 Å². The highest BCUT2D eigenvalue weighted by Gasteiger charge is 2.24. The number of halogens is 1. The lowest BCUT2D eigenvalue weighted by Gasteiger charge is -2.12.